The van der Waals surface area contributed by atoms with Gasteiger partial charge in [0.15, 0.2) is 0 Å². The first-order chi connectivity index (χ1) is 39.5. The predicted molar refractivity (Wildman–Crippen MR) is 318 cm³/mol. The van der Waals surface area contributed by atoms with Crippen molar-refractivity contribution in [2.45, 2.75) is 28.6 Å². The summed E-state index contributed by atoms with van der Waals surface area (Å²) in [4.78, 5) is 2.60. The lowest BCUT2D eigenvalue weighted by Crippen LogP contribution is -2.42. The second-order valence-electron chi connectivity index (χ2n) is 22.7. The molecule has 0 amide bonds. The van der Waals surface area contributed by atoms with Crippen LogP contribution in [0.15, 0.2) is 273 Å². The number of hydrogen-bond acceptors (Lipinski definition) is 4. The van der Waals surface area contributed by atoms with E-state index in [0.717, 1.165) is 73.8 Å². The topological polar surface area (TPSA) is 30.9 Å². The quantitative estimate of drug-likeness (QED) is 0.176. The first-order valence-electron chi connectivity index (χ1n) is 27.9. The van der Waals surface area contributed by atoms with E-state index in [-0.39, 0.29) is 5.92 Å². The third-order valence-corrected chi connectivity index (χ3v) is 19.2. The van der Waals surface area contributed by atoms with Gasteiger partial charge in [-0.3, -0.25) is 0 Å². The Hall–Kier alpha value is -9.90. The fraction of sp³-hybridized carbons (Fsp3) is 0.0789. The van der Waals surface area contributed by atoms with Crippen molar-refractivity contribution < 1.29 is 14.2 Å². The number of hydrogen-bond donors (Lipinski definition) is 0. The van der Waals surface area contributed by atoms with Crippen LogP contribution in [0, 0.1) is 5.92 Å². The molecule has 3 spiro atoms. The Morgan fingerprint density at radius 1 is 0.325 bits per heavy atom. The molecule has 0 saturated carbocycles. The van der Waals surface area contributed by atoms with Crippen LogP contribution in [-0.2, 0) is 21.7 Å². The second-order valence-corrected chi connectivity index (χ2v) is 22.7. The van der Waals surface area contributed by atoms with E-state index in [0.29, 0.717) is 0 Å². The summed E-state index contributed by atoms with van der Waals surface area (Å²) in [5.41, 5.74) is 20.2. The molecule has 2 atom stereocenters. The number of benzene rings is 11. The van der Waals surface area contributed by atoms with Crippen molar-refractivity contribution in [2.75, 3.05) is 4.90 Å². The SMILES string of the molecule is CC12C=CC=CC1C1(c3ccccc3Oc3ccccc31)c1cccc(N(c3ccc4c(c3)C3(c5ccccc5Oc5ccccc53)c3ccccc3-4)c3ccc4c(c3)C3(c5ccccc5Oc5ccccc53)c3ccccc3-4)c12. The van der Waals surface area contributed by atoms with E-state index >= 15 is 0 Å². The molecule has 80 heavy (non-hydrogen) atoms. The van der Waals surface area contributed by atoms with E-state index in [1.165, 1.54) is 66.8 Å². The molecule has 0 saturated heterocycles. The Bertz CT molecular complexity index is 4270. The Kier molecular flexibility index (Phi) is 8.63. The number of ether oxygens (including phenoxy) is 3. The normalized spacial score (nSPS) is 18.7. The van der Waals surface area contributed by atoms with Crippen LogP contribution in [0.5, 0.6) is 34.5 Å². The highest BCUT2D eigenvalue weighted by Crippen LogP contribution is 2.70. The maximum atomic E-state index is 6.89. The summed E-state index contributed by atoms with van der Waals surface area (Å²) in [6, 6.07) is 91.9. The zero-order valence-electron chi connectivity index (χ0n) is 43.7. The minimum atomic E-state index is -0.676. The van der Waals surface area contributed by atoms with Crippen LogP contribution in [0.4, 0.5) is 17.1 Å². The van der Waals surface area contributed by atoms with Crippen LogP contribution >= 0.6 is 0 Å². The lowest BCUT2D eigenvalue weighted by atomic mass is 9.59. The molecule has 3 heterocycles. The van der Waals surface area contributed by atoms with Crippen molar-refractivity contribution in [3.63, 3.8) is 0 Å². The first kappa shape index (κ1) is 44.1. The van der Waals surface area contributed by atoms with Crippen molar-refractivity contribution in [3.05, 3.63) is 340 Å². The Morgan fingerprint density at radius 3 is 1.14 bits per heavy atom. The van der Waals surface area contributed by atoms with Gasteiger partial charge in [0.1, 0.15) is 34.5 Å². The highest BCUT2D eigenvalue weighted by molar-refractivity contribution is 5.95. The number of allylic oxidation sites excluding steroid dienone is 4. The molecule has 4 nitrogen and oxygen atoms in total. The molecule has 3 aliphatic heterocycles. The largest absolute Gasteiger partial charge is 0.457 e. The summed E-state index contributed by atoms with van der Waals surface area (Å²) in [7, 11) is 0. The van der Waals surface area contributed by atoms with Gasteiger partial charge in [-0.2, -0.15) is 0 Å². The third-order valence-electron chi connectivity index (χ3n) is 19.2. The van der Waals surface area contributed by atoms with E-state index in [2.05, 4.69) is 285 Å². The molecule has 4 heteroatoms. The van der Waals surface area contributed by atoms with Crippen LogP contribution in [-0.4, -0.2) is 0 Å². The first-order valence-corrected chi connectivity index (χ1v) is 27.9. The van der Waals surface area contributed by atoms with Crippen molar-refractivity contribution in [1.82, 2.24) is 0 Å². The molecule has 18 rings (SSSR count). The lowest BCUT2D eigenvalue weighted by molar-refractivity contribution is 0.329. The van der Waals surface area contributed by atoms with Gasteiger partial charge in [0.25, 0.3) is 0 Å². The van der Waals surface area contributed by atoms with Gasteiger partial charge in [0.05, 0.1) is 21.9 Å². The molecule has 376 valence electrons. The summed E-state index contributed by atoms with van der Waals surface area (Å²) in [5.74, 6) is 5.28. The molecule has 0 N–H and O–H groups in total. The van der Waals surface area contributed by atoms with E-state index < -0.39 is 21.7 Å². The summed E-state index contributed by atoms with van der Waals surface area (Å²) in [6.07, 6.45) is 9.48. The van der Waals surface area contributed by atoms with E-state index in [4.69, 9.17) is 14.2 Å². The van der Waals surface area contributed by atoms with Crippen LogP contribution in [0.3, 0.4) is 0 Å². The summed E-state index contributed by atoms with van der Waals surface area (Å²) in [6.45, 7) is 2.47. The molecule has 7 aliphatic rings. The smallest absolute Gasteiger partial charge is 0.132 e. The molecule has 11 aromatic rings. The molecule has 0 bridgehead atoms. The monoisotopic (exact) mass is 1020 g/mol. The van der Waals surface area contributed by atoms with Crippen LogP contribution < -0.4 is 19.1 Å². The summed E-state index contributed by atoms with van der Waals surface area (Å²) < 4.78 is 20.6. The fourth-order valence-electron chi connectivity index (χ4n) is 16.4. The number of rotatable bonds is 3. The molecule has 11 aromatic carbocycles. The summed E-state index contributed by atoms with van der Waals surface area (Å²) in [5, 5.41) is 0. The zero-order chi connectivity index (χ0) is 52.5. The Balaban J connectivity index is 0.966. The number of anilines is 3. The number of fused-ring (bicyclic) bond motifs is 27. The van der Waals surface area contributed by atoms with Gasteiger partial charge < -0.3 is 19.1 Å². The molecule has 2 unspecified atom stereocenters. The average molecular weight is 1020 g/mol. The second kappa shape index (κ2) is 15.6. The number of nitrogens with zero attached hydrogens (tertiary/aromatic N) is 1. The third kappa shape index (κ3) is 5.23. The molecule has 0 aromatic heterocycles. The van der Waals surface area contributed by atoms with Crippen molar-refractivity contribution >= 4 is 17.1 Å². The van der Waals surface area contributed by atoms with E-state index in [1.807, 2.05) is 0 Å². The average Bonchev–Trinajstić information content (AvgIpc) is 2.78. The minimum Gasteiger partial charge on any atom is -0.457 e. The van der Waals surface area contributed by atoms with Crippen LogP contribution in [0.25, 0.3) is 22.3 Å². The standard InChI is InChI=1S/C76H49NO3/c1-73-44-19-18-39-71(73)76(59-29-10-16-37-69(59)80-70-38-17-11-30-60(70)76)61-31-20-32-64(72(61)73)77(47-40-42-51-49-21-2-4-23-53(49)74(62(51)45-47)55-25-6-12-33-65(55)78-66-34-13-7-26-56(66)74)48-41-43-52-50-22-3-5-24-54(50)75(63(52)46-48)57-27-8-14-35-67(57)79-68-36-15-9-28-58(68)75/h2-46,71H,1H3. The zero-order valence-corrected chi connectivity index (χ0v) is 43.7. The van der Waals surface area contributed by atoms with Crippen molar-refractivity contribution in [2.24, 2.45) is 5.92 Å². The molecule has 4 aliphatic carbocycles. The predicted octanol–water partition coefficient (Wildman–Crippen LogP) is 18.5. The highest BCUT2D eigenvalue weighted by atomic mass is 16.5. The highest BCUT2D eigenvalue weighted by Gasteiger charge is 2.62. The van der Waals surface area contributed by atoms with Crippen LogP contribution in [0.1, 0.15) is 73.7 Å². The molecular formula is C76H49NO3. The summed E-state index contributed by atoms with van der Waals surface area (Å²) >= 11 is 0. The van der Waals surface area contributed by atoms with Gasteiger partial charge in [0, 0.05) is 56.1 Å². The minimum absolute atomic E-state index is 0.00487. The van der Waals surface area contributed by atoms with Gasteiger partial charge in [-0.05, 0) is 122 Å². The van der Waals surface area contributed by atoms with Gasteiger partial charge >= 0.3 is 0 Å². The van der Waals surface area contributed by atoms with Crippen molar-refractivity contribution in [3.8, 4) is 56.8 Å². The van der Waals surface area contributed by atoms with E-state index in [1.54, 1.807) is 0 Å². The number of para-hydroxylation sites is 6. The van der Waals surface area contributed by atoms with Gasteiger partial charge in [-0.15, -0.1) is 0 Å². The Morgan fingerprint density at radius 2 is 0.688 bits per heavy atom. The fourth-order valence-corrected chi connectivity index (χ4v) is 16.4. The lowest BCUT2D eigenvalue weighted by Gasteiger charge is -2.45. The van der Waals surface area contributed by atoms with Gasteiger partial charge in [-0.25, -0.2) is 0 Å². The molecular weight excluding hydrogens is 975 g/mol. The van der Waals surface area contributed by atoms with Gasteiger partial charge in [-0.1, -0.05) is 213 Å². The maximum absolute atomic E-state index is 6.89. The maximum Gasteiger partial charge on any atom is 0.132 e. The van der Waals surface area contributed by atoms with Crippen LogP contribution in [0.2, 0.25) is 0 Å². The molecule has 0 fully saturated rings. The van der Waals surface area contributed by atoms with Crippen molar-refractivity contribution in [1.29, 1.82) is 0 Å². The van der Waals surface area contributed by atoms with Gasteiger partial charge in [0.2, 0.25) is 0 Å². The molecule has 0 radical (unpaired) electrons. The van der Waals surface area contributed by atoms with E-state index in [9.17, 15) is 0 Å². The Labute approximate surface area is 464 Å².